The average Bonchev–Trinajstić information content (AvgIpc) is 0.781. The van der Waals surface area contributed by atoms with E-state index in [0.717, 1.165) is 105 Å². The summed E-state index contributed by atoms with van der Waals surface area (Å²) in [6, 6.07) is 0. The van der Waals surface area contributed by atoms with Crippen molar-refractivity contribution in [1.82, 2.24) is 13.7 Å². The van der Waals surface area contributed by atoms with Crippen molar-refractivity contribution in [2.75, 3.05) is 159 Å². The molecule has 0 radical (unpaired) electrons. The number of esters is 18. The van der Waals surface area contributed by atoms with E-state index >= 15 is 0 Å². The van der Waals surface area contributed by atoms with Crippen LogP contribution in [0.4, 0.5) is 0 Å². The van der Waals surface area contributed by atoms with Crippen LogP contribution in [-0.4, -0.2) is 280 Å². The molecule has 1 aromatic heterocycles. The smallest absolute Gasteiger partial charge is 0.336 e. The summed E-state index contributed by atoms with van der Waals surface area (Å²) in [6.07, 6.45) is 16.7. The summed E-state index contributed by atoms with van der Waals surface area (Å²) in [4.78, 5) is 271. The topological polar surface area (TPSA) is 567 Å². The summed E-state index contributed by atoms with van der Waals surface area (Å²) in [7, 11) is 0. The molecule has 0 atom stereocenters. The highest BCUT2D eigenvalue weighted by Gasteiger charge is 2.45. The van der Waals surface area contributed by atoms with E-state index in [2.05, 4.69) is 98.7 Å². The fraction of sp³-hybridized carbons (Fsp3) is 0.500. The lowest BCUT2D eigenvalue weighted by molar-refractivity contribution is -0.174. The second-order valence-corrected chi connectivity index (χ2v) is 33.5. The first-order chi connectivity index (χ1) is 70.1. The van der Waals surface area contributed by atoms with Crippen molar-refractivity contribution in [3.8, 4) is 0 Å². The van der Waals surface area contributed by atoms with E-state index in [1.54, 1.807) is 0 Å². The second kappa shape index (κ2) is 73.0. The summed E-state index contributed by atoms with van der Waals surface area (Å²) in [6.45, 7) is 35.4. The van der Waals surface area contributed by atoms with Crippen molar-refractivity contribution in [2.45, 2.75) is 135 Å². The molecule has 0 saturated carbocycles. The Balaban J connectivity index is 3.77. The largest absolute Gasteiger partial charge is 0.465 e. The number of hydrogen-bond acceptors (Lipinski definition) is 42. The molecule has 810 valence electrons. The van der Waals surface area contributed by atoms with Crippen LogP contribution in [0.25, 0.3) is 0 Å². The zero-order valence-corrected chi connectivity index (χ0v) is 83.1. The minimum atomic E-state index is -1.72. The second-order valence-electron chi connectivity index (χ2n) is 33.5. The first-order valence-corrected chi connectivity index (χ1v) is 46.2. The number of hydrogen-bond donors (Lipinski definition) is 0. The fourth-order valence-electron chi connectivity index (χ4n) is 12.6. The molecule has 45 heteroatoms. The number of carbonyl (C=O) groups excluding carboxylic acids is 18. The molecular weight excluding hydrogens is 1940 g/mol. The molecule has 0 bridgehead atoms. The molecule has 0 fully saturated rings. The monoisotopic (exact) mass is 2070 g/mol. The highest BCUT2D eigenvalue weighted by molar-refractivity contribution is 5.87. The van der Waals surface area contributed by atoms with E-state index in [4.69, 9.17) is 99.5 Å². The summed E-state index contributed by atoms with van der Waals surface area (Å²) < 4.78 is 118. The van der Waals surface area contributed by atoms with E-state index in [0.29, 0.717) is 57.8 Å². The summed E-state index contributed by atoms with van der Waals surface area (Å²) in [5.74, 6) is -16.4. The van der Waals surface area contributed by atoms with Gasteiger partial charge < -0.3 is 99.5 Å². The van der Waals surface area contributed by atoms with Gasteiger partial charge in [-0.05, 0) is 38.5 Å². The molecular formula is C102H135N3O42. The van der Waals surface area contributed by atoms with E-state index in [1.165, 1.54) is 0 Å². The number of carbonyl (C=O) groups is 18. The SMILES string of the molecule is C=CC(=O)OCC(COCC(COC(=O)C=C)(COC(=O)C=C)COC(=O)CCCCCCCn1c(=O)n(CCCCCCCC(=O)OCC(COCC(COC(=O)C=C)(COC(=O)C=C)COC(=O)C=C)(COC(=O)C=C)COC(=O)C=C)c(=O)n(CCCCCCCC(=O)OCC(COCC(COC(=O)C=C)(COC(=O)C=C)COC(=O)C=C)(COC(=O)C=C)COC(=O)C=C)c1=O)(COC(=O)C=C)COC(=O)C=C. The van der Waals surface area contributed by atoms with Gasteiger partial charge in [0, 0.05) is 130 Å². The third-order valence-electron chi connectivity index (χ3n) is 21.1. The maximum absolute atomic E-state index is 14.4. The maximum atomic E-state index is 14.4. The standard InChI is InChI=1S/C102H135N3O42/c1-16-76(106)130-58-97(59-131-77(107)17-2,60-132-78(108)18-3)52-127-55-100(67-139-85(115)25-10,68-140-86(116)26-11)73-145-91(121)46-40-34-31-37-43-49-103-94(124)104(50-44-38-32-35-41-47-92(122)146-74-101(69-141-87(117)27-12,70-142-88(118)28-13)56-128-53-98(61-133-79(109)19-4,62-134-80(110)20-5)63-135-81(111)21-6)96(126)105(95(103)125)51-45-39-33-36-42-48-93(123)147-75-102(71-143-89(119)29-14,72-144-90(120)30-15)57-129-54-99(64-136-82(112)22-7,65-137-83(113)23-8)66-138-84(114)24-9/h16-30H,1-15,31-75H2. The molecule has 45 nitrogen and oxygen atoms in total. The summed E-state index contributed by atoms with van der Waals surface area (Å²) in [5.41, 5.74) is -12.9. The van der Waals surface area contributed by atoms with E-state index < -0.39 is 316 Å². The number of nitrogens with zero attached hydrogens (tertiary/aromatic N) is 3. The Morgan fingerprint density at radius 3 is 0.395 bits per heavy atom. The molecule has 1 rings (SSSR count). The van der Waals surface area contributed by atoms with Gasteiger partial charge in [0.05, 0.1) is 72.1 Å². The number of rotatable bonds is 87. The lowest BCUT2D eigenvalue weighted by atomic mass is 9.90. The van der Waals surface area contributed by atoms with Crippen molar-refractivity contribution in [2.24, 2.45) is 32.5 Å². The number of unbranched alkanes of at least 4 members (excludes halogenated alkanes) is 12. The molecule has 147 heavy (non-hydrogen) atoms. The van der Waals surface area contributed by atoms with Gasteiger partial charge in [0.15, 0.2) is 0 Å². The van der Waals surface area contributed by atoms with E-state index in [1.807, 2.05) is 0 Å². The predicted octanol–water partition coefficient (Wildman–Crippen LogP) is 6.73. The van der Waals surface area contributed by atoms with Crippen LogP contribution in [0.3, 0.4) is 0 Å². The van der Waals surface area contributed by atoms with Crippen LogP contribution in [0.2, 0.25) is 0 Å². The van der Waals surface area contributed by atoms with Crippen LogP contribution >= 0.6 is 0 Å². The van der Waals surface area contributed by atoms with Crippen molar-refractivity contribution in [3.63, 3.8) is 0 Å². The van der Waals surface area contributed by atoms with Crippen molar-refractivity contribution < 1.29 is 186 Å². The molecule has 0 N–H and O–H groups in total. The quantitative estimate of drug-likeness (QED) is 0.0282. The lowest BCUT2D eigenvalue weighted by Crippen LogP contribution is -2.54. The molecule has 0 saturated heterocycles. The highest BCUT2D eigenvalue weighted by atomic mass is 16.6. The Hall–Kier alpha value is -15.2. The highest BCUT2D eigenvalue weighted by Crippen LogP contribution is 2.32. The third kappa shape index (κ3) is 53.9. The van der Waals surface area contributed by atoms with Gasteiger partial charge in [-0.3, -0.25) is 14.4 Å². The first kappa shape index (κ1) is 130. The van der Waals surface area contributed by atoms with E-state index in [-0.39, 0.29) is 77.4 Å². The van der Waals surface area contributed by atoms with Crippen molar-refractivity contribution >= 4 is 107 Å². The molecule has 0 spiro atoms. The van der Waals surface area contributed by atoms with Gasteiger partial charge in [0.2, 0.25) is 0 Å². The Morgan fingerprint density at radius 1 is 0.163 bits per heavy atom. The van der Waals surface area contributed by atoms with E-state index in [9.17, 15) is 101 Å². The average molecular weight is 2080 g/mol. The number of ether oxygens (including phenoxy) is 21. The maximum Gasteiger partial charge on any atom is 0.336 e. The number of aromatic nitrogens is 3. The van der Waals surface area contributed by atoms with Gasteiger partial charge in [-0.25, -0.2) is 100 Å². The Bertz CT molecular complexity index is 4180. The molecule has 0 amide bonds. The minimum absolute atomic E-state index is 0.175. The van der Waals surface area contributed by atoms with Gasteiger partial charge in [-0.1, -0.05) is 156 Å². The summed E-state index contributed by atoms with van der Waals surface area (Å²) in [5, 5.41) is 0. The molecule has 0 aliphatic rings. The van der Waals surface area contributed by atoms with Crippen LogP contribution in [0.5, 0.6) is 0 Å². The van der Waals surface area contributed by atoms with Crippen LogP contribution in [-0.2, 0) is 205 Å². The van der Waals surface area contributed by atoms with Crippen LogP contribution < -0.4 is 17.1 Å². The Labute approximate surface area is 850 Å². The van der Waals surface area contributed by atoms with Gasteiger partial charge >= 0.3 is 125 Å². The van der Waals surface area contributed by atoms with Crippen LogP contribution in [0.1, 0.15) is 116 Å². The lowest BCUT2D eigenvalue weighted by Gasteiger charge is -2.35. The molecule has 0 unspecified atom stereocenters. The predicted molar refractivity (Wildman–Crippen MR) is 520 cm³/mol. The Morgan fingerprint density at radius 2 is 0.272 bits per heavy atom. The van der Waals surface area contributed by atoms with Crippen LogP contribution in [0.15, 0.2) is 204 Å². The molecule has 1 heterocycles. The third-order valence-corrected chi connectivity index (χ3v) is 21.1. The Kier molecular flexibility index (Phi) is 64.5. The van der Waals surface area contributed by atoms with Crippen molar-refractivity contribution in [1.29, 1.82) is 0 Å². The van der Waals surface area contributed by atoms with Gasteiger partial charge in [0.1, 0.15) is 119 Å². The van der Waals surface area contributed by atoms with Gasteiger partial charge in [-0.15, -0.1) is 0 Å². The normalized spacial score (nSPS) is 11.1. The minimum Gasteiger partial charge on any atom is -0.465 e. The van der Waals surface area contributed by atoms with Crippen molar-refractivity contribution in [3.05, 3.63) is 221 Å². The van der Waals surface area contributed by atoms with Gasteiger partial charge in [0.25, 0.3) is 0 Å². The van der Waals surface area contributed by atoms with Crippen LogP contribution in [0, 0.1) is 32.5 Å². The zero-order chi connectivity index (χ0) is 110. The molecule has 0 aliphatic heterocycles. The summed E-state index contributed by atoms with van der Waals surface area (Å²) >= 11 is 0. The molecule has 1 aromatic rings. The molecule has 0 aliphatic carbocycles. The first-order valence-electron chi connectivity index (χ1n) is 46.2. The molecule has 0 aromatic carbocycles. The van der Waals surface area contributed by atoms with Gasteiger partial charge in [-0.2, -0.15) is 0 Å². The fourth-order valence-corrected chi connectivity index (χ4v) is 12.6. The zero-order valence-electron chi connectivity index (χ0n) is 83.1.